The minimum atomic E-state index is -0.220. The van der Waals surface area contributed by atoms with Gasteiger partial charge in [0.2, 0.25) is 0 Å². The Hall–Kier alpha value is -0.770. The highest BCUT2D eigenvalue weighted by Gasteiger charge is 2.23. The number of nitrogens with two attached hydrogens (primary N) is 2. The summed E-state index contributed by atoms with van der Waals surface area (Å²) in [6.45, 7) is 3.12. The molecule has 1 saturated carbocycles. The van der Waals surface area contributed by atoms with E-state index < -0.39 is 0 Å². The molecule has 0 bridgehead atoms. The van der Waals surface area contributed by atoms with Crippen LogP contribution in [0.25, 0.3) is 0 Å². The van der Waals surface area contributed by atoms with E-state index in [9.17, 15) is 0 Å². The molecule has 1 aliphatic rings. The summed E-state index contributed by atoms with van der Waals surface area (Å²) < 4.78 is 5.83. The second-order valence-electron chi connectivity index (χ2n) is 4.74. The highest BCUT2D eigenvalue weighted by atomic mass is 35.5. The van der Waals surface area contributed by atoms with E-state index in [0.717, 1.165) is 23.5 Å². The average molecular weight is 255 g/mol. The molecule has 0 aromatic heterocycles. The summed E-state index contributed by atoms with van der Waals surface area (Å²) >= 11 is 6.11. The van der Waals surface area contributed by atoms with Gasteiger partial charge in [-0.15, -0.1) is 0 Å². The molecule has 0 amide bonds. The zero-order valence-corrected chi connectivity index (χ0v) is 10.8. The molecule has 1 atom stereocenters. The van der Waals surface area contributed by atoms with Crippen LogP contribution in [0.5, 0.6) is 5.75 Å². The molecule has 1 unspecified atom stereocenters. The summed E-state index contributed by atoms with van der Waals surface area (Å²) in [4.78, 5) is 0. The third-order valence-electron chi connectivity index (χ3n) is 3.12. The minimum absolute atomic E-state index is 0.220. The van der Waals surface area contributed by atoms with Gasteiger partial charge in [-0.05, 0) is 43.4 Å². The van der Waals surface area contributed by atoms with Crippen LogP contribution in [0.3, 0.4) is 0 Å². The van der Waals surface area contributed by atoms with Crippen molar-refractivity contribution in [1.82, 2.24) is 0 Å². The first-order chi connectivity index (χ1) is 8.11. The van der Waals surface area contributed by atoms with Gasteiger partial charge in [-0.3, -0.25) is 0 Å². The van der Waals surface area contributed by atoms with Crippen LogP contribution in [0.4, 0.5) is 0 Å². The molecular formula is C13H19ClN2O. The molecule has 4 heteroatoms. The quantitative estimate of drug-likeness (QED) is 0.848. The molecule has 94 valence electrons. The van der Waals surface area contributed by atoms with Crippen LogP contribution in [-0.4, -0.2) is 13.2 Å². The maximum absolute atomic E-state index is 6.11. The van der Waals surface area contributed by atoms with Gasteiger partial charge in [0.1, 0.15) is 5.75 Å². The monoisotopic (exact) mass is 254 g/mol. The number of hydrogen-bond donors (Lipinski definition) is 2. The fourth-order valence-corrected chi connectivity index (χ4v) is 1.88. The molecule has 0 aliphatic heterocycles. The summed E-state index contributed by atoms with van der Waals surface area (Å²) in [5.74, 6) is 1.55. The van der Waals surface area contributed by atoms with E-state index in [4.69, 9.17) is 27.8 Å². The Balaban J connectivity index is 2.22. The molecule has 1 fully saturated rings. The zero-order chi connectivity index (χ0) is 12.4. The molecule has 0 radical (unpaired) electrons. The molecule has 0 heterocycles. The first kappa shape index (κ1) is 12.7. The van der Waals surface area contributed by atoms with Crippen molar-refractivity contribution in [2.75, 3.05) is 13.2 Å². The van der Waals surface area contributed by atoms with Crippen LogP contribution in [0.15, 0.2) is 12.1 Å². The highest BCUT2D eigenvalue weighted by molar-refractivity contribution is 6.31. The van der Waals surface area contributed by atoms with Crippen molar-refractivity contribution in [2.24, 2.45) is 17.4 Å². The number of aryl methyl sites for hydroxylation is 1. The Morgan fingerprint density at radius 2 is 2.18 bits per heavy atom. The Morgan fingerprint density at radius 3 is 2.76 bits per heavy atom. The van der Waals surface area contributed by atoms with Crippen molar-refractivity contribution in [2.45, 2.75) is 25.8 Å². The maximum Gasteiger partial charge on any atom is 0.124 e. The predicted molar refractivity (Wildman–Crippen MR) is 70.4 cm³/mol. The van der Waals surface area contributed by atoms with E-state index in [1.807, 2.05) is 19.1 Å². The molecule has 3 nitrogen and oxygen atoms in total. The predicted octanol–water partition coefficient (Wildman–Crippen LogP) is 2.40. The molecular weight excluding hydrogens is 236 g/mol. The van der Waals surface area contributed by atoms with Gasteiger partial charge in [0.05, 0.1) is 6.61 Å². The molecule has 2 rings (SSSR count). The smallest absolute Gasteiger partial charge is 0.124 e. The van der Waals surface area contributed by atoms with E-state index in [-0.39, 0.29) is 6.04 Å². The van der Waals surface area contributed by atoms with E-state index >= 15 is 0 Å². The van der Waals surface area contributed by atoms with Crippen molar-refractivity contribution in [3.05, 3.63) is 28.3 Å². The molecule has 4 N–H and O–H groups in total. The van der Waals surface area contributed by atoms with Gasteiger partial charge in [-0.2, -0.15) is 0 Å². The zero-order valence-electron chi connectivity index (χ0n) is 10.1. The number of rotatable bonds is 5. The largest absolute Gasteiger partial charge is 0.493 e. The third kappa shape index (κ3) is 3.12. The number of hydrogen-bond acceptors (Lipinski definition) is 3. The van der Waals surface area contributed by atoms with E-state index in [0.29, 0.717) is 17.5 Å². The van der Waals surface area contributed by atoms with Crippen molar-refractivity contribution >= 4 is 11.6 Å². The highest BCUT2D eigenvalue weighted by Crippen LogP contribution is 2.33. The first-order valence-electron chi connectivity index (χ1n) is 6.00. The van der Waals surface area contributed by atoms with Crippen molar-refractivity contribution < 1.29 is 4.74 Å². The molecule has 0 spiro atoms. The normalized spacial score (nSPS) is 16.9. The lowest BCUT2D eigenvalue weighted by Crippen LogP contribution is -2.21. The van der Waals surface area contributed by atoms with Crippen LogP contribution in [0, 0.1) is 12.8 Å². The van der Waals surface area contributed by atoms with E-state index in [2.05, 4.69) is 0 Å². The van der Waals surface area contributed by atoms with Gasteiger partial charge in [-0.25, -0.2) is 0 Å². The number of ether oxygens (including phenoxy) is 1. The van der Waals surface area contributed by atoms with Gasteiger partial charge in [0.25, 0.3) is 0 Å². The Bertz CT molecular complexity index is 405. The van der Waals surface area contributed by atoms with Crippen molar-refractivity contribution in [1.29, 1.82) is 0 Å². The van der Waals surface area contributed by atoms with Crippen LogP contribution in [0.1, 0.15) is 30.0 Å². The Kier molecular flexibility index (Phi) is 3.92. The van der Waals surface area contributed by atoms with Crippen LogP contribution >= 0.6 is 11.6 Å². The topological polar surface area (TPSA) is 61.3 Å². The molecule has 1 aliphatic carbocycles. The molecule has 1 aromatic carbocycles. The molecule has 1 aromatic rings. The van der Waals surface area contributed by atoms with Crippen molar-refractivity contribution in [3.63, 3.8) is 0 Å². The van der Waals surface area contributed by atoms with E-state index in [1.54, 1.807) is 0 Å². The number of halogens is 1. The molecule has 0 saturated heterocycles. The summed E-state index contributed by atoms with van der Waals surface area (Å²) in [5, 5.41) is 0.711. The van der Waals surface area contributed by atoms with Crippen molar-refractivity contribution in [3.8, 4) is 5.75 Å². The van der Waals surface area contributed by atoms with Crippen LogP contribution < -0.4 is 16.2 Å². The van der Waals surface area contributed by atoms with Crippen LogP contribution in [-0.2, 0) is 0 Å². The fourth-order valence-electron chi connectivity index (χ4n) is 1.70. The summed E-state index contributed by atoms with van der Waals surface area (Å²) in [5.41, 5.74) is 13.5. The van der Waals surface area contributed by atoms with Gasteiger partial charge < -0.3 is 16.2 Å². The standard InChI is InChI=1S/C13H19ClN2O/c1-8-4-13(17-7-9-2-3-9)10(5-11(8)14)12(16)6-15/h4-5,9,12H,2-3,6-7,15-16H2,1H3. The second-order valence-corrected chi connectivity index (χ2v) is 5.14. The summed E-state index contributed by atoms with van der Waals surface area (Å²) in [7, 11) is 0. The fraction of sp³-hybridized carbons (Fsp3) is 0.538. The Labute approximate surface area is 107 Å². The molecule has 17 heavy (non-hydrogen) atoms. The Morgan fingerprint density at radius 1 is 1.47 bits per heavy atom. The second kappa shape index (κ2) is 5.25. The summed E-state index contributed by atoms with van der Waals surface area (Å²) in [6, 6.07) is 3.61. The van der Waals surface area contributed by atoms with Gasteiger partial charge >= 0.3 is 0 Å². The number of benzene rings is 1. The average Bonchev–Trinajstić information content (AvgIpc) is 3.13. The van der Waals surface area contributed by atoms with Gasteiger partial charge in [0.15, 0.2) is 0 Å². The van der Waals surface area contributed by atoms with Gasteiger partial charge in [0, 0.05) is 23.2 Å². The lowest BCUT2D eigenvalue weighted by molar-refractivity contribution is 0.295. The van der Waals surface area contributed by atoms with E-state index in [1.165, 1.54) is 12.8 Å². The first-order valence-corrected chi connectivity index (χ1v) is 6.38. The lowest BCUT2D eigenvalue weighted by Gasteiger charge is -2.17. The SMILES string of the molecule is Cc1cc(OCC2CC2)c(C(N)CN)cc1Cl. The lowest BCUT2D eigenvalue weighted by atomic mass is 10.0. The third-order valence-corrected chi connectivity index (χ3v) is 3.52. The maximum atomic E-state index is 6.11. The summed E-state index contributed by atoms with van der Waals surface area (Å²) in [6.07, 6.45) is 2.54. The minimum Gasteiger partial charge on any atom is -0.493 e. The van der Waals surface area contributed by atoms with Crippen LogP contribution in [0.2, 0.25) is 5.02 Å². The van der Waals surface area contributed by atoms with Gasteiger partial charge in [-0.1, -0.05) is 11.6 Å².